The molecule has 0 bridgehead atoms. The number of aryl methyl sites for hydroxylation is 2. The molecule has 0 radical (unpaired) electrons. The van der Waals surface area contributed by atoms with Crippen molar-refractivity contribution >= 4 is 5.97 Å². The van der Waals surface area contributed by atoms with Crippen molar-refractivity contribution < 1.29 is 15.0 Å². The Morgan fingerprint density at radius 2 is 1.90 bits per heavy atom. The van der Waals surface area contributed by atoms with Gasteiger partial charge in [-0.3, -0.25) is 9.69 Å². The first-order chi connectivity index (χ1) is 9.76. The van der Waals surface area contributed by atoms with Crippen LogP contribution in [0.4, 0.5) is 0 Å². The van der Waals surface area contributed by atoms with Crippen LogP contribution < -0.4 is 0 Å². The van der Waals surface area contributed by atoms with Crippen molar-refractivity contribution in [2.24, 2.45) is 11.3 Å². The molecular formula is C17H25NO3. The third kappa shape index (κ3) is 2.91. The molecule has 1 aromatic rings. The molecule has 2 rings (SSSR count). The molecule has 1 saturated heterocycles. The molecular weight excluding hydrogens is 266 g/mol. The Balaban J connectivity index is 2.14. The summed E-state index contributed by atoms with van der Waals surface area (Å²) in [6.45, 7) is 9.92. The second-order valence-electron chi connectivity index (χ2n) is 6.65. The van der Waals surface area contributed by atoms with Crippen LogP contribution in [-0.4, -0.2) is 34.2 Å². The van der Waals surface area contributed by atoms with E-state index < -0.39 is 11.4 Å². The van der Waals surface area contributed by atoms with E-state index in [1.807, 2.05) is 39.8 Å². The first-order valence-electron chi connectivity index (χ1n) is 7.51. The lowest BCUT2D eigenvalue weighted by Crippen LogP contribution is -2.39. The summed E-state index contributed by atoms with van der Waals surface area (Å²) in [5.41, 5.74) is 2.25. The molecule has 21 heavy (non-hydrogen) atoms. The largest absolute Gasteiger partial charge is 0.507 e. The predicted molar refractivity (Wildman–Crippen MR) is 82.4 cm³/mol. The maximum Gasteiger partial charge on any atom is 0.311 e. The summed E-state index contributed by atoms with van der Waals surface area (Å²) >= 11 is 0. The van der Waals surface area contributed by atoms with E-state index in [1.54, 1.807) is 0 Å². The number of carboxylic acids is 1. The van der Waals surface area contributed by atoms with Gasteiger partial charge in [0.1, 0.15) is 5.75 Å². The van der Waals surface area contributed by atoms with Gasteiger partial charge in [0.25, 0.3) is 0 Å². The molecule has 0 aliphatic carbocycles. The van der Waals surface area contributed by atoms with Crippen molar-refractivity contribution in [3.8, 4) is 5.75 Å². The lowest BCUT2D eigenvalue weighted by atomic mass is 9.76. The standard InChI is InChI=1S/C17H25NO3/c1-11(2)17(16(20)21)5-6-18(10-17)9-14-7-12(3)15(19)13(4)8-14/h7-8,11,19H,5-6,9-10H2,1-4H3,(H,20,21). The van der Waals surface area contributed by atoms with Crippen LogP contribution in [0.3, 0.4) is 0 Å². The number of aromatic hydroxyl groups is 1. The number of aliphatic carboxylic acids is 1. The lowest BCUT2D eigenvalue weighted by Gasteiger charge is -2.29. The van der Waals surface area contributed by atoms with Crippen LogP contribution in [0.15, 0.2) is 12.1 Å². The van der Waals surface area contributed by atoms with Gasteiger partial charge in [0, 0.05) is 13.1 Å². The number of benzene rings is 1. The smallest absolute Gasteiger partial charge is 0.311 e. The fourth-order valence-corrected chi connectivity index (χ4v) is 3.34. The van der Waals surface area contributed by atoms with Crippen LogP contribution in [-0.2, 0) is 11.3 Å². The molecule has 1 fully saturated rings. The monoisotopic (exact) mass is 291 g/mol. The van der Waals surface area contributed by atoms with Crippen LogP contribution in [0, 0.1) is 25.2 Å². The molecule has 116 valence electrons. The molecule has 1 unspecified atom stereocenters. The van der Waals surface area contributed by atoms with Gasteiger partial charge in [0.05, 0.1) is 5.41 Å². The summed E-state index contributed by atoms with van der Waals surface area (Å²) in [6, 6.07) is 3.97. The third-order valence-corrected chi connectivity index (χ3v) is 4.87. The maximum atomic E-state index is 11.7. The van der Waals surface area contributed by atoms with Gasteiger partial charge in [0.15, 0.2) is 0 Å². The second-order valence-corrected chi connectivity index (χ2v) is 6.65. The van der Waals surface area contributed by atoms with Crippen molar-refractivity contribution in [3.05, 3.63) is 28.8 Å². The van der Waals surface area contributed by atoms with Crippen LogP contribution in [0.5, 0.6) is 5.75 Å². The topological polar surface area (TPSA) is 60.8 Å². The molecule has 1 heterocycles. The van der Waals surface area contributed by atoms with Gasteiger partial charge in [-0.15, -0.1) is 0 Å². The van der Waals surface area contributed by atoms with Gasteiger partial charge < -0.3 is 10.2 Å². The number of rotatable bonds is 4. The fraction of sp³-hybridized carbons (Fsp3) is 0.588. The average Bonchev–Trinajstić information content (AvgIpc) is 2.81. The molecule has 0 aromatic heterocycles. The van der Waals surface area contributed by atoms with E-state index in [0.29, 0.717) is 18.7 Å². The summed E-state index contributed by atoms with van der Waals surface area (Å²) in [6.07, 6.45) is 0.704. The SMILES string of the molecule is Cc1cc(CN2CCC(C(=O)O)(C(C)C)C2)cc(C)c1O. The summed E-state index contributed by atoms with van der Waals surface area (Å²) in [5.74, 6) is -0.205. The van der Waals surface area contributed by atoms with E-state index in [9.17, 15) is 15.0 Å². The lowest BCUT2D eigenvalue weighted by molar-refractivity contribution is -0.151. The van der Waals surface area contributed by atoms with Crippen molar-refractivity contribution in [3.63, 3.8) is 0 Å². The minimum atomic E-state index is -0.682. The number of phenols is 1. The van der Waals surface area contributed by atoms with Crippen LogP contribution in [0.1, 0.15) is 37.0 Å². The summed E-state index contributed by atoms with van der Waals surface area (Å²) in [5, 5.41) is 19.4. The van der Waals surface area contributed by atoms with Crippen LogP contribution in [0.2, 0.25) is 0 Å². The highest BCUT2D eigenvalue weighted by molar-refractivity contribution is 5.75. The minimum Gasteiger partial charge on any atom is -0.507 e. The molecule has 1 aromatic carbocycles. The second kappa shape index (κ2) is 5.68. The molecule has 4 nitrogen and oxygen atoms in total. The number of likely N-dealkylation sites (tertiary alicyclic amines) is 1. The van der Waals surface area contributed by atoms with Crippen molar-refractivity contribution in [1.82, 2.24) is 4.90 Å². The number of phenolic OH excluding ortho intramolecular Hbond substituents is 1. The molecule has 1 aliphatic heterocycles. The van der Waals surface area contributed by atoms with Crippen LogP contribution in [0.25, 0.3) is 0 Å². The third-order valence-electron chi connectivity index (χ3n) is 4.87. The van der Waals surface area contributed by atoms with Crippen molar-refractivity contribution in [1.29, 1.82) is 0 Å². The van der Waals surface area contributed by atoms with E-state index in [-0.39, 0.29) is 5.92 Å². The molecule has 1 aliphatic rings. The van der Waals surface area contributed by atoms with Gasteiger partial charge in [-0.25, -0.2) is 0 Å². The summed E-state index contributed by atoms with van der Waals surface area (Å²) < 4.78 is 0. The van der Waals surface area contributed by atoms with Gasteiger partial charge in [-0.2, -0.15) is 0 Å². The van der Waals surface area contributed by atoms with E-state index in [2.05, 4.69) is 4.90 Å². The predicted octanol–water partition coefficient (Wildman–Crippen LogP) is 2.94. The Hall–Kier alpha value is -1.55. The van der Waals surface area contributed by atoms with Crippen molar-refractivity contribution in [2.75, 3.05) is 13.1 Å². The Bertz CT molecular complexity index is 530. The van der Waals surface area contributed by atoms with Gasteiger partial charge in [-0.05, 0) is 49.4 Å². The van der Waals surface area contributed by atoms with Gasteiger partial charge >= 0.3 is 5.97 Å². The van der Waals surface area contributed by atoms with Gasteiger partial charge in [-0.1, -0.05) is 26.0 Å². The molecule has 0 amide bonds. The zero-order chi connectivity index (χ0) is 15.8. The Labute approximate surface area is 126 Å². The first kappa shape index (κ1) is 15.8. The van der Waals surface area contributed by atoms with Crippen molar-refractivity contribution in [2.45, 2.75) is 40.7 Å². The summed E-state index contributed by atoms with van der Waals surface area (Å²) in [4.78, 5) is 13.9. The highest BCUT2D eigenvalue weighted by atomic mass is 16.4. The quantitative estimate of drug-likeness (QED) is 0.895. The molecule has 4 heteroatoms. The Morgan fingerprint density at radius 3 is 2.33 bits per heavy atom. The van der Waals surface area contributed by atoms with E-state index >= 15 is 0 Å². The average molecular weight is 291 g/mol. The van der Waals surface area contributed by atoms with Crippen LogP contribution >= 0.6 is 0 Å². The van der Waals surface area contributed by atoms with Gasteiger partial charge in [0.2, 0.25) is 0 Å². The number of carbonyl (C=O) groups is 1. The first-order valence-corrected chi connectivity index (χ1v) is 7.51. The molecule has 0 saturated carbocycles. The fourth-order valence-electron chi connectivity index (χ4n) is 3.34. The maximum absolute atomic E-state index is 11.7. The van der Waals surface area contributed by atoms with E-state index in [0.717, 1.165) is 29.8 Å². The zero-order valence-corrected chi connectivity index (χ0v) is 13.3. The Kier molecular flexibility index (Phi) is 4.28. The van der Waals surface area contributed by atoms with E-state index in [1.165, 1.54) is 0 Å². The molecule has 2 N–H and O–H groups in total. The molecule has 0 spiro atoms. The minimum absolute atomic E-state index is 0.128. The normalized spacial score (nSPS) is 22.9. The highest BCUT2D eigenvalue weighted by Gasteiger charge is 2.47. The number of nitrogens with zero attached hydrogens (tertiary/aromatic N) is 1. The molecule has 1 atom stereocenters. The zero-order valence-electron chi connectivity index (χ0n) is 13.3. The number of carboxylic acid groups (broad SMARTS) is 1. The summed E-state index contributed by atoms with van der Waals surface area (Å²) in [7, 11) is 0. The highest BCUT2D eigenvalue weighted by Crippen LogP contribution is 2.38. The van der Waals surface area contributed by atoms with E-state index in [4.69, 9.17) is 0 Å². The number of hydrogen-bond donors (Lipinski definition) is 2. The number of hydrogen-bond acceptors (Lipinski definition) is 3. The Morgan fingerprint density at radius 1 is 1.33 bits per heavy atom.